The highest BCUT2D eigenvalue weighted by molar-refractivity contribution is 6.33. The van der Waals surface area contributed by atoms with Crippen LogP contribution >= 0.6 is 11.6 Å². The Morgan fingerprint density at radius 3 is 2.64 bits per heavy atom. The fourth-order valence-electron chi connectivity index (χ4n) is 1.14. The van der Waals surface area contributed by atoms with Gasteiger partial charge in [0.1, 0.15) is 11.8 Å². The lowest BCUT2D eigenvalue weighted by atomic mass is 10.0. The molecule has 14 heavy (non-hydrogen) atoms. The van der Waals surface area contributed by atoms with Crippen molar-refractivity contribution in [3.63, 3.8) is 0 Å². The van der Waals surface area contributed by atoms with E-state index in [0.717, 1.165) is 0 Å². The van der Waals surface area contributed by atoms with Crippen LogP contribution in [0.4, 0.5) is 0 Å². The molecule has 0 amide bonds. The second-order valence-electron chi connectivity index (χ2n) is 3.00. The van der Waals surface area contributed by atoms with Crippen LogP contribution in [0.2, 0.25) is 5.02 Å². The van der Waals surface area contributed by atoms with E-state index in [4.69, 9.17) is 22.4 Å². The number of hydrogen-bond acceptors (Lipinski definition) is 3. The summed E-state index contributed by atoms with van der Waals surface area (Å²) >= 11 is 5.71. The van der Waals surface area contributed by atoms with Gasteiger partial charge in [-0.2, -0.15) is 0 Å². The quantitative estimate of drug-likeness (QED) is 0.697. The van der Waals surface area contributed by atoms with Crippen LogP contribution < -0.4 is 5.73 Å². The van der Waals surface area contributed by atoms with Gasteiger partial charge in [0.25, 0.3) is 0 Å². The van der Waals surface area contributed by atoms with Gasteiger partial charge in [-0.05, 0) is 18.6 Å². The fourth-order valence-corrected chi connectivity index (χ4v) is 1.36. The summed E-state index contributed by atoms with van der Waals surface area (Å²) in [5.74, 6) is -1.34. The van der Waals surface area contributed by atoms with Gasteiger partial charge in [0.05, 0.1) is 5.02 Å². The van der Waals surface area contributed by atoms with Gasteiger partial charge in [-0.3, -0.25) is 4.79 Å². The number of carbonyl (C=O) groups is 1. The Morgan fingerprint density at radius 2 is 2.14 bits per heavy atom. The number of hydrogen-bond donors (Lipinski definition) is 3. The van der Waals surface area contributed by atoms with Crippen molar-refractivity contribution < 1.29 is 15.0 Å². The number of rotatable bonds is 2. The number of nitrogens with two attached hydrogens (primary N) is 1. The number of aliphatic carboxylic acids is 1. The number of aromatic hydroxyl groups is 1. The predicted octanol–water partition coefficient (Wildman–Crippen LogP) is 1.44. The van der Waals surface area contributed by atoms with E-state index in [-0.39, 0.29) is 16.3 Å². The Morgan fingerprint density at radius 1 is 1.57 bits per heavy atom. The molecular formula is C9H10ClNO3. The molecule has 0 spiro atoms. The average Bonchev–Trinajstić information content (AvgIpc) is 2.09. The van der Waals surface area contributed by atoms with Crippen LogP contribution in [0, 0.1) is 6.92 Å². The Labute approximate surface area is 85.9 Å². The van der Waals surface area contributed by atoms with Crippen LogP contribution in [0.25, 0.3) is 0 Å². The van der Waals surface area contributed by atoms with Crippen LogP contribution in [0.5, 0.6) is 5.75 Å². The maximum absolute atomic E-state index is 10.6. The number of phenolic OH excluding ortho intramolecular Hbond substituents is 1. The zero-order chi connectivity index (χ0) is 10.9. The van der Waals surface area contributed by atoms with E-state index in [1.807, 2.05) is 0 Å². The molecule has 1 aromatic carbocycles. The molecule has 1 rings (SSSR count). The standard InChI is InChI=1S/C9H10ClNO3/c1-4-2-5(8(11)9(13)14)7(10)6(12)3-4/h2-3,8,12H,11H2,1H3,(H,13,14). The molecule has 0 heterocycles. The van der Waals surface area contributed by atoms with Gasteiger partial charge in [-0.1, -0.05) is 17.7 Å². The number of halogens is 1. The third-order valence-electron chi connectivity index (χ3n) is 1.83. The predicted molar refractivity (Wildman–Crippen MR) is 52.4 cm³/mol. The molecular weight excluding hydrogens is 206 g/mol. The number of benzene rings is 1. The Hall–Kier alpha value is -1.26. The second kappa shape index (κ2) is 3.86. The summed E-state index contributed by atoms with van der Waals surface area (Å²) in [6, 6.07) is 1.77. The highest BCUT2D eigenvalue weighted by Gasteiger charge is 2.19. The van der Waals surface area contributed by atoms with Crippen LogP contribution in [0.3, 0.4) is 0 Å². The van der Waals surface area contributed by atoms with Gasteiger partial charge in [0.2, 0.25) is 0 Å². The van der Waals surface area contributed by atoms with Crippen LogP contribution in [0.1, 0.15) is 17.2 Å². The zero-order valence-corrected chi connectivity index (χ0v) is 8.25. The van der Waals surface area contributed by atoms with Crippen LogP contribution in [-0.4, -0.2) is 16.2 Å². The van der Waals surface area contributed by atoms with E-state index >= 15 is 0 Å². The van der Waals surface area contributed by atoms with Crippen molar-refractivity contribution in [2.45, 2.75) is 13.0 Å². The molecule has 0 fully saturated rings. The first-order valence-electron chi connectivity index (χ1n) is 3.91. The summed E-state index contributed by atoms with van der Waals surface area (Å²) < 4.78 is 0. The van der Waals surface area contributed by atoms with Gasteiger partial charge in [0, 0.05) is 5.56 Å². The summed E-state index contributed by atoms with van der Waals surface area (Å²) in [4.78, 5) is 10.6. The van der Waals surface area contributed by atoms with Gasteiger partial charge in [-0.25, -0.2) is 0 Å². The van der Waals surface area contributed by atoms with Crippen LogP contribution in [0.15, 0.2) is 12.1 Å². The van der Waals surface area contributed by atoms with Crippen molar-refractivity contribution in [2.75, 3.05) is 0 Å². The molecule has 4 N–H and O–H groups in total. The maximum Gasteiger partial charge on any atom is 0.325 e. The van der Waals surface area contributed by atoms with Gasteiger partial charge >= 0.3 is 5.97 Å². The lowest BCUT2D eigenvalue weighted by Gasteiger charge is -2.11. The minimum atomic E-state index is -1.21. The molecule has 0 bridgehead atoms. The minimum absolute atomic E-state index is 0.00880. The lowest BCUT2D eigenvalue weighted by Crippen LogP contribution is -2.21. The molecule has 1 atom stereocenters. The van der Waals surface area contributed by atoms with Crippen molar-refractivity contribution in [3.8, 4) is 5.75 Å². The first-order chi connectivity index (χ1) is 6.43. The van der Waals surface area contributed by atoms with E-state index in [2.05, 4.69) is 0 Å². The molecule has 1 unspecified atom stereocenters. The summed E-state index contributed by atoms with van der Waals surface area (Å²) in [5, 5.41) is 18.0. The molecule has 5 heteroatoms. The highest BCUT2D eigenvalue weighted by atomic mass is 35.5. The van der Waals surface area contributed by atoms with Crippen molar-refractivity contribution >= 4 is 17.6 Å². The molecule has 0 aromatic heterocycles. The number of carboxylic acids is 1. The molecule has 0 aliphatic rings. The first kappa shape index (κ1) is 10.8. The van der Waals surface area contributed by atoms with Crippen molar-refractivity contribution in [2.24, 2.45) is 5.73 Å². The number of phenols is 1. The highest BCUT2D eigenvalue weighted by Crippen LogP contribution is 2.31. The van der Waals surface area contributed by atoms with E-state index in [1.165, 1.54) is 6.07 Å². The smallest absolute Gasteiger partial charge is 0.325 e. The van der Waals surface area contributed by atoms with Crippen molar-refractivity contribution in [1.82, 2.24) is 0 Å². The SMILES string of the molecule is Cc1cc(O)c(Cl)c(C(N)C(=O)O)c1. The summed E-state index contributed by atoms with van der Waals surface area (Å²) in [5.41, 5.74) is 6.31. The molecule has 4 nitrogen and oxygen atoms in total. The fraction of sp³-hybridized carbons (Fsp3) is 0.222. The summed E-state index contributed by atoms with van der Waals surface area (Å²) in [6.07, 6.45) is 0. The Bertz CT molecular complexity index is 379. The summed E-state index contributed by atoms with van der Waals surface area (Å²) in [7, 11) is 0. The van der Waals surface area contributed by atoms with Crippen LogP contribution in [-0.2, 0) is 4.79 Å². The molecule has 0 aliphatic carbocycles. The van der Waals surface area contributed by atoms with E-state index in [0.29, 0.717) is 5.56 Å². The topological polar surface area (TPSA) is 83.5 Å². The normalized spacial score (nSPS) is 12.5. The van der Waals surface area contributed by atoms with Gasteiger partial charge in [-0.15, -0.1) is 0 Å². The third-order valence-corrected chi connectivity index (χ3v) is 2.24. The summed E-state index contributed by atoms with van der Waals surface area (Å²) in [6.45, 7) is 1.72. The van der Waals surface area contributed by atoms with Gasteiger partial charge < -0.3 is 15.9 Å². The molecule has 1 aromatic rings. The molecule has 0 radical (unpaired) electrons. The van der Waals surface area contributed by atoms with Crippen molar-refractivity contribution in [1.29, 1.82) is 0 Å². The number of carboxylic acid groups (broad SMARTS) is 1. The van der Waals surface area contributed by atoms with E-state index in [9.17, 15) is 9.90 Å². The Kier molecular flexibility index (Phi) is 2.98. The first-order valence-corrected chi connectivity index (χ1v) is 4.28. The van der Waals surface area contributed by atoms with Gasteiger partial charge in [0.15, 0.2) is 0 Å². The molecule has 0 aliphatic heterocycles. The molecule has 0 saturated heterocycles. The molecule has 76 valence electrons. The van der Waals surface area contributed by atoms with E-state index in [1.54, 1.807) is 13.0 Å². The second-order valence-corrected chi connectivity index (χ2v) is 3.38. The lowest BCUT2D eigenvalue weighted by molar-refractivity contribution is -0.138. The van der Waals surface area contributed by atoms with E-state index < -0.39 is 12.0 Å². The Balaban J connectivity index is 3.26. The monoisotopic (exact) mass is 215 g/mol. The zero-order valence-electron chi connectivity index (χ0n) is 7.49. The molecule has 0 saturated carbocycles. The largest absolute Gasteiger partial charge is 0.506 e. The number of aryl methyl sites for hydroxylation is 1. The van der Waals surface area contributed by atoms with Crippen molar-refractivity contribution in [3.05, 3.63) is 28.3 Å². The maximum atomic E-state index is 10.6. The average molecular weight is 216 g/mol. The minimum Gasteiger partial charge on any atom is -0.506 e. The third kappa shape index (κ3) is 1.97.